The van der Waals surface area contributed by atoms with E-state index >= 15 is 0 Å². The molecule has 1 N–H and O–H groups in total. The first-order valence-electron chi connectivity index (χ1n) is 6.47. The molecule has 0 aromatic heterocycles. The molecule has 1 unspecified atom stereocenters. The highest BCUT2D eigenvalue weighted by atomic mass is 16.3. The maximum Gasteiger partial charge on any atom is 0.196 e. The molecule has 19 heavy (non-hydrogen) atoms. The summed E-state index contributed by atoms with van der Waals surface area (Å²) in [5, 5.41) is 10.2. The number of aliphatic hydroxyl groups is 1. The van der Waals surface area contributed by atoms with Crippen LogP contribution in [0.5, 0.6) is 0 Å². The standard InChI is InChI=1S/C17H18O2/c1-12(2)14-10-6-7-11-15(14)17(19)16(18)13-8-4-3-5-9-13/h3-12,16,18H,1-2H3. The van der Waals surface area contributed by atoms with Gasteiger partial charge in [0.05, 0.1) is 0 Å². The van der Waals surface area contributed by atoms with E-state index in [1.165, 1.54) is 0 Å². The minimum Gasteiger partial charge on any atom is -0.380 e. The smallest absolute Gasteiger partial charge is 0.196 e. The van der Waals surface area contributed by atoms with Crippen LogP contribution in [0.2, 0.25) is 0 Å². The minimum absolute atomic E-state index is 0.240. The van der Waals surface area contributed by atoms with Gasteiger partial charge in [-0.3, -0.25) is 4.79 Å². The number of hydrogen-bond acceptors (Lipinski definition) is 2. The number of benzene rings is 2. The summed E-state index contributed by atoms with van der Waals surface area (Å²) < 4.78 is 0. The quantitative estimate of drug-likeness (QED) is 0.844. The van der Waals surface area contributed by atoms with E-state index in [2.05, 4.69) is 0 Å². The van der Waals surface area contributed by atoms with Crippen LogP contribution in [0.3, 0.4) is 0 Å². The number of Topliss-reactive ketones (excluding diaryl/α,β-unsaturated/α-hetero) is 1. The molecule has 2 nitrogen and oxygen atoms in total. The normalized spacial score (nSPS) is 12.4. The molecule has 0 saturated heterocycles. The van der Waals surface area contributed by atoms with E-state index in [1.807, 2.05) is 50.2 Å². The van der Waals surface area contributed by atoms with Crippen molar-refractivity contribution in [3.63, 3.8) is 0 Å². The predicted molar refractivity (Wildman–Crippen MR) is 76.3 cm³/mol. The van der Waals surface area contributed by atoms with Crippen LogP contribution >= 0.6 is 0 Å². The predicted octanol–water partition coefficient (Wildman–Crippen LogP) is 3.73. The molecule has 0 radical (unpaired) electrons. The van der Waals surface area contributed by atoms with Crippen LogP contribution in [0.1, 0.15) is 47.4 Å². The van der Waals surface area contributed by atoms with Gasteiger partial charge in [-0.15, -0.1) is 0 Å². The van der Waals surface area contributed by atoms with Crippen LogP contribution in [0.15, 0.2) is 54.6 Å². The topological polar surface area (TPSA) is 37.3 Å². The van der Waals surface area contributed by atoms with Crippen molar-refractivity contribution in [2.45, 2.75) is 25.9 Å². The molecule has 2 aromatic rings. The zero-order valence-electron chi connectivity index (χ0n) is 11.2. The Morgan fingerprint density at radius 3 is 2.16 bits per heavy atom. The maximum absolute atomic E-state index is 12.4. The fourth-order valence-corrected chi connectivity index (χ4v) is 2.16. The van der Waals surface area contributed by atoms with Crippen molar-refractivity contribution < 1.29 is 9.90 Å². The van der Waals surface area contributed by atoms with Gasteiger partial charge in [0.1, 0.15) is 6.10 Å². The van der Waals surface area contributed by atoms with Gasteiger partial charge in [0, 0.05) is 5.56 Å². The number of hydrogen-bond donors (Lipinski definition) is 1. The van der Waals surface area contributed by atoms with Crippen LogP contribution in [-0.4, -0.2) is 10.9 Å². The van der Waals surface area contributed by atoms with Crippen LogP contribution in [-0.2, 0) is 0 Å². The molecule has 0 saturated carbocycles. The third-order valence-electron chi connectivity index (χ3n) is 3.21. The van der Waals surface area contributed by atoms with Gasteiger partial charge in [-0.1, -0.05) is 68.4 Å². The monoisotopic (exact) mass is 254 g/mol. The zero-order chi connectivity index (χ0) is 13.8. The molecular formula is C17H18O2. The minimum atomic E-state index is -1.10. The Morgan fingerprint density at radius 2 is 1.53 bits per heavy atom. The third kappa shape index (κ3) is 2.91. The van der Waals surface area contributed by atoms with Gasteiger partial charge in [-0.25, -0.2) is 0 Å². The summed E-state index contributed by atoms with van der Waals surface area (Å²) in [4.78, 5) is 12.4. The number of carbonyl (C=O) groups is 1. The van der Waals surface area contributed by atoms with E-state index in [4.69, 9.17) is 0 Å². The Bertz CT molecular complexity index is 558. The molecule has 0 fully saturated rings. The first-order chi connectivity index (χ1) is 9.11. The van der Waals surface area contributed by atoms with Crippen LogP contribution in [0.25, 0.3) is 0 Å². The second-order valence-corrected chi connectivity index (χ2v) is 4.92. The van der Waals surface area contributed by atoms with Crippen molar-refractivity contribution >= 4 is 5.78 Å². The van der Waals surface area contributed by atoms with E-state index in [-0.39, 0.29) is 11.7 Å². The van der Waals surface area contributed by atoms with Crippen molar-refractivity contribution in [1.82, 2.24) is 0 Å². The first kappa shape index (κ1) is 13.5. The van der Waals surface area contributed by atoms with Gasteiger partial charge < -0.3 is 5.11 Å². The maximum atomic E-state index is 12.4. The lowest BCUT2D eigenvalue weighted by molar-refractivity contribution is 0.0746. The number of rotatable bonds is 4. The summed E-state index contributed by atoms with van der Waals surface area (Å²) in [5.41, 5.74) is 2.21. The highest BCUT2D eigenvalue weighted by molar-refractivity contribution is 6.01. The van der Waals surface area contributed by atoms with Gasteiger partial charge in [0.25, 0.3) is 0 Å². The molecule has 0 spiro atoms. The number of aliphatic hydroxyl groups excluding tert-OH is 1. The molecule has 0 bridgehead atoms. The molecule has 2 heteroatoms. The summed E-state index contributed by atoms with van der Waals surface area (Å²) in [6.07, 6.45) is -1.10. The van der Waals surface area contributed by atoms with Gasteiger partial charge in [-0.05, 0) is 17.0 Å². The highest BCUT2D eigenvalue weighted by Gasteiger charge is 2.21. The highest BCUT2D eigenvalue weighted by Crippen LogP contribution is 2.24. The van der Waals surface area contributed by atoms with Crippen LogP contribution in [0, 0.1) is 0 Å². The molecule has 0 aliphatic rings. The average Bonchev–Trinajstić information content (AvgIpc) is 2.46. The fraction of sp³-hybridized carbons (Fsp3) is 0.235. The molecule has 2 aromatic carbocycles. The Labute approximate surface area is 113 Å². The van der Waals surface area contributed by atoms with Gasteiger partial charge in [0.2, 0.25) is 0 Å². The summed E-state index contributed by atoms with van der Waals surface area (Å²) >= 11 is 0. The molecule has 0 aliphatic carbocycles. The van der Waals surface area contributed by atoms with Gasteiger partial charge in [0.15, 0.2) is 5.78 Å². The Hall–Kier alpha value is -1.93. The van der Waals surface area contributed by atoms with Crippen molar-refractivity contribution in [2.75, 3.05) is 0 Å². The summed E-state index contributed by atoms with van der Waals surface area (Å²) in [5.74, 6) is 0.0126. The Morgan fingerprint density at radius 1 is 0.947 bits per heavy atom. The van der Waals surface area contributed by atoms with Crippen molar-refractivity contribution in [2.24, 2.45) is 0 Å². The summed E-state index contributed by atoms with van der Waals surface area (Å²) in [6.45, 7) is 4.09. The molecule has 0 heterocycles. The molecule has 0 aliphatic heterocycles. The van der Waals surface area contributed by atoms with E-state index in [9.17, 15) is 9.90 Å². The van der Waals surface area contributed by atoms with Crippen LogP contribution < -0.4 is 0 Å². The second-order valence-electron chi connectivity index (χ2n) is 4.92. The summed E-state index contributed by atoms with van der Waals surface area (Å²) in [7, 11) is 0. The van der Waals surface area contributed by atoms with Gasteiger partial charge in [-0.2, -0.15) is 0 Å². The lowest BCUT2D eigenvalue weighted by Gasteiger charge is -2.15. The second kappa shape index (κ2) is 5.81. The fourth-order valence-electron chi connectivity index (χ4n) is 2.16. The van der Waals surface area contributed by atoms with Gasteiger partial charge >= 0.3 is 0 Å². The number of ketones is 1. The largest absolute Gasteiger partial charge is 0.380 e. The zero-order valence-corrected chi connectivity index (χ0v) is 11.2. The molecule has 0 amide bonds. The van der Waals surface area contributed by atoms with Crippen molar-refractivity contribution in [1.29, 1.82) is 0 Å². The van der Waals surface area contributed by atoms with E-state index < -0.39 is 6.10 Å². The molecule has 2 rings (SSSR count). The molecule has 1 atom stereocenters. The summed E-state index contributed by atoms with van der Waals surface area (Å²) in [6, 6.07) is 16.5. The van der Waals surface area contributed by atoms with Crippen LogP contribution in [0.4, 0.5) is 0 Å². The van der Waals surface area contributed by atoms with E-state index in [0.717, 1.165) is 5.56 Å². The molecular weight excluding hydrogens is 236 g/mol. The van der Waals surface area contributed by atoms with Crippen molar-refractivity contribution in [3.8, 4) is 0 Å². The number of carbonyl (C=O) groups excluding carboxylic acids is 1. The average molecular weight is 254 g/mol. The Kier molecular flexibility index (Phi) is 4.13. The van der Waals surface area contributed by atoms with E-state index in [1.54, 1.807) is 18.2 Å². The lowest BCUT2D eigenvalue weighted by Crippen LogP contribution is -2.14. The first-order valence-corrected chi connectivity index (χ1v) is 6.47. The van der Waals surface area contributed by atoms with E-state index in [0.29, 0.717) is 11.1 Å². The third-order valence-corrected chi connectivity index (χ3v) is 3.21. The SMILES string of the molecule is CC(C)c1ccccc1C(=O)C(O)c1ccccc1. The Balaban J connectivity index is 2.35. The van der Waals surface area contributed by atoms with Crippen molar-refractivity contribution in [3.05, 3.63) is 71.3 Å². The molecule has 98 valence electrons. The lowest BCUT2D eigenvalue weighted by atomic mass is 9.91.